The number of amides is 1. The normalized spacial score (nSPS) is 12.9. The minimum atomic E-state index is -3.59. The molecule has 1 amide bonds. The van der Waals surface area contributed by atoms with Gasteiger partial charge in [0.05, 0.1) is 17.7 Å². The van der Waals surface area contributed by atoms with Crippen molar-refractivity contribution in [1.82, 2.24) is 19.3 Å². The zero-order chi connectivity index (χ0) is 20.3. The molecule has 0 N–H and O–H groups in total. The molecule has 0 aliphatic rings. The number of rotatable bonds is 7. The second-order valence-electron chi connectivity index (χ2n) is 6.28. The SMILES string of the molecule is CN(Cc1nc(-c2cccs2)no1)C(=O)[C@@H](c1ccccc1)N(C)S(C)(=O)=O. The fourth-order valence-corrected chi connectivity index (χ4v) is 3.89. The van der Waals surface area contributed by atoms with Gasteiger partial charge in [0, 0.05) is 14.1 Å². The van der Waals surface area contributed by atoms with Crippen LogP contribution in [0.3, 0.4) is 0 Å². The molecule has 0 aliphatic carbocycles. The van der Waals surface area contributed by atoms with Crippen LogP contribution in [-0.4, -0.2) is 54.0 Å². The highest BCUT2D eigenvalue weighted by Gasteiger charge is 2.33. The summed E-state index contributed by atoms with van der Waals surface area (Å²) in [6.45, 7) is 0.0676. The minimum absolute atomic E-state index is 0.0676. The average molecular weight is 421 g/mol. The van der Waals surface area contributed by atoms with Crippen LogP contribution < -0.4 is 0 Å². The van der Waals surface area contributed by atoms with E-state index in [0.29, 0.717) is 11.4 Å². The summed E-state index contributed by atoms with van der Waals surface area (Å²) < 4.78 is 30.5. The second-order valence-corrected chi connectivity index (χ2v) is 9.27. The number of carbonyl (C=O) groups excluding carboxylic acids is 1. The monoisotopic (exact) mass is 420 g/mol. The summed E-state index contributed by atoms with van der Waals surface area (Å²) in [5.74, 6) is 0.335. The maximum atomic E-state index is 13.1. The van der Waals surface area contributed by atoms with Crippen molar-refractivity contribution in [3.05, 3.63) is 59.3 Å². The predicted octanol–water partition coefficient (Wildman–Crippen LogP) is 2.39. The van der Waals surface area contributed by atoms with Gasteiger partial charge in [-0.1, -0.05) is 41.6 Å². The third-order valence-electron chi connectivity index (χ3n) is 4.19. The van der Waals surface area contributed by atoms with Crippen molar-refractivity contribution in [1.29, 1.82) is 0 Å². The van der Waals surface area contributed by atoms with Crippen molar-refractivity contribution in [3.63, 3.8) is 0 Å². The highest BCUT2D eigenvalue weighted by atomic mass is 32.2. The molecule has 2 heterocycles. The Morgan fingerprint density at radius 2 is 1.89 bits per heavy atom. The van der Waals surface area contributed by atoms with Gasteiger partial charge >= 0.3 is 0 Å². The maximum Gasteiger partial charge on any atom is 0.246 e. The summed E-state index contributed by atoms with van der Waals surface area (Å²) in [6.07, 6.45) is 1.07. The van der Waals surface area contributed by atoms with E-state index in [1.54, 1.807) is 37.4 Å². The molecule has 0 saturated heterocycles. The number of nitrogens with zero attached hydrogens (tertiary/aromatic N) is 4. The summed E-state index contributed by atoms with van der Waals surface area (Å²) in [7, 11) is -0.629. The molecule has 1 atom stereocenters. The molecule has 0 fully saturated rings. The predicted molar refractivity (Wildman–Crippen MR) is 106 cm³/mol. The lowest BCUT2D eigenvalue weighted by molar-refractivity contribution is -0.134. The average Bonchev–Trinajstić information content (AvgIpc) is 3.33. The molecule has 2 aromatic heterocycles. The summed E-state index contributed by atoms with van der Waals surface area (Å²) in [5, 5.41) is 5.84. The Bertz CT molecular complexity index is 1030. The number of aromatic nitrogens is 2. The molecular weight excluding hydrogens is 400 g/mol. The van der Waals surface area contributed by atoms with E-state index >= 15 is 0 Å². The molecule has 1 aromatic carbocycles. The zero-order valence-corrected chi connectivity index (χ0v) is 17.3. The van der Waals surface area contributed by atoms with Gasteiger partial charge in [-0.15, -0.1) is 11.3 Å². The van der Waals surface area contributed by atoms with Crippen LogP contribution in [0.25, 0.3) is 10.7 Å². The number of likely N-dealkylation sites (N-methyl/N-ethyl adjacent to an activating group) is 2. The number of carbonyl (C=O) groups is 1. The fourth-order valence-electron chi connectivity index (χ4n) is 2.65. The van der Waals surface area contributed by atoms with Gasteiger partial charge in [0.25, 0.3) is 0 Å². The van der Waals surface area contributed by atoms with E-state index in [2.05, 4.69) is 10.1 Å². The van der Waals surface area contributed by atoms with Crippen molar-refractivity contribution in [2.45, 2.75) is 12.6 Å². The fraction of sp³-hybridized carbons (Fsp3) is 0.278. The largest absolute Gasteiger partial charge is 0.337 e. The Morgan fingerprint density at radius 1 is 1.18 bits per heavy atom. The van der Waals surface area contributed by atoms with Crippen molar-refractivity contribution in [2.75, 3.05) is 20.4 Å². The molecule has 0 spiro atoms. The van der Waals surface area contributed by atoms with E-state index in [0.717, 1.165) is 15.4 Å². The standard InChI is InChI=1S/C18H20N4O4S2/c1-21(12-15-19-17(20-26-15)14-10-7-11-27-14)18(23)16(22(2)28(3,24)25)13-8-5-4-6-9-13/h4-11,16H,12H2,1-3H3/t16-/m1/s1. The van der Waals surface area contributed by atoms with Crippen LogP contribution in [0, 0.1) is 0 Å². The van der Waals surface area contributed by atoms with E-state index in [9.17, 15) is 13.2 Å². The molecule has 0 bridgehead atoms. The first-order chi connectivity index (χ1) is 13.3. The first-order valence-electron chi connectivity index (χ1n) is 8.37. The highest BCUT2D eigenvalue weighted by molar-refractivity contribution is 7.88. The molecule has 0 aliphatic heterocycles. The molecular formula is C18H20N4O4S2. The zero-order valence-electron chi connectivity index (χ0n) is 15.6. The van der Waals surface area contributed by atoms with Gasteiger partial charge in [-0.25, -0.2) is 8.42 Å². The maximum absolute atomic E-state index is 13.1. The number of sulfonamides is 1. The lowest BCUT2D eigenvalue weighted by atomic mass is 10.1. The van der Waals surface area contributed by atoms with E-state index in [1.807, 2.05) is 17.5 Å². The van der Waals surface area contributed by atoms with Gasteiger partial charge < -0.3 is 9.42 Å². The Hall–Kier alpha value is -2.56. The van der Waals surface area contributed by atoms with Crippen LogP contribution in [0.15, 0.2) is 52.4 Å². The number of hydrogen-bond acceptors (Lipinski definition) is 7. The topological polar surface area (TPSA) is 96.6 Å². The molecule has 0 saturated carbocycles. The van der Waals surface area contributed by atoms with Crippen molar-refractivity contribution < 1.29 is 17.7 Å². The Labute approximate surface area is 167 Å². The van der Waals surface area contributed by atoms with Crippen molar-refractivity contribution >= 4 is 27.3 Å². The minimum Gasteiger partial charge on any atom is -0.337 e. The van der Waals surface area contributed by atoms with Crippen LogP contribution in [0.4, 0.5) is 0 Å². The van der Waals surface area contributed by atoms with Crippen LogP contribution in [0.1, 0.15) is 17.5 Å². The van der Waals surface area contributed by atoms with Crippen LogP contribution >= 0.6 is 11.3 Å². The van der Waals surface area contributed by atoms with Crippen molar-refractivity contribution in [3.8, 4) is 10.7 Å². The smallest absolute Gasteiger partial charge is 0.246 e. The van der Waals surface area contributed by atoms with Crippen LogP contribution in [0.5, 0.6) is 0 Å². The first kappa shape index (κ1) is 20.2. The number of hydrogen-bond donors (Lipinski definition) is 0. The van der Waals surface area contributed by atoms with Gasteiger partial charge in [0.2, 0.25) is 27.6 Å². The molecule has 3 rings (SSSR count). The number of thiophene rings is 1. The second kappa shape index (κ2) is 8.21. The van der Waals surface area contributed by atoms with E-state index < -0.39 is 22.0 Å². The van der Waals surface area contributed by atoms with Gasteiger partial charge in [-0.05, 0) is 17.0 Å². The first-order valence-corrected chi connectivity index (χ1v) is 11.1. The molecule has 148 valence electrons. The molecule has 3 aromatic rings. The van der Waals surface area contributed by atoms with Gasteiger partial charge in [-0.3, -0.25) is 4.79 Å². The van der Waals surface area contributed by atoms with Crippen molar-refractivity contribution in [2.24, 2.45) is 0 Å². The molecule has 0 radical (unpaired) electrons. The molecule has 28 heavy (non-hydrogen) atoms. The Balaban J connectivity index is 1.82. The molecule has 0 unspecified atom stereocenters. The Kier molecular flexibility index (Phi) is 5.92. The third-order valence-corrected chi connectivity index (χ3v) is 6.32. The van der Waals surface area contributed by atoms with Gasteiger partial charge in [0.1, 0.15) is 6.04 Å². The van der Waals surface area contributed by atoms with E-state index in [4.69, 9.17) is 4.52 Å². The summed E-state index contributed by atoms with van der Waals surface area (Å²) in [4.78, 5) is 19.7. The highest BCUT2D eigenvalue weighted by Crippen LogP contribution is 2.25. The third kappa shape index (κ3) is 4.46. The van der Waals surface area contributed by atoms with E-state index in [-0.39, 0.29) is 12.4 Å². The van der Waals surface area contributed by atoms with Crippen LogP contribution in [0.2, 0.25) is 0 Å². The molecule has 8 nitrogen and oxygen atoms in total. The Morgan fingerprint density at radius 3 is 2.50 bits per heavy atom. The lowest BCUT2D eigenvalue weighted by Gasteiger charge is -2.29. The lowest BCUT2D eigenvalue weighted by Crippen LogP contribution is -2.41. The van der Waals surface area contributed by atoms with Gasteiger partial charge in [0.15, 0.2) is 0 Å². The van der Waals surface area contributed by atoms with Crippen LogP contribution in [-0.2, 0) is 21.4 Å². The number of benzene rings is 1. The van der Waals surface area contributed by atoms with E-state index in [1.165, 1.54) is 23.3 Å². The molecule has 10 heteroatoms. The van der Waals surface area contributed by atoms with Gasteiger partial charge in [-0.2, -0.15) is 9.29 Å². The summed E-state index contributed by atoms with van der Waals surface area (Å²) in [6, 6.07) is 11.5. The quantitative estimate of drug-likeness (QED) is 0.582. The summed E-state index contributed by atoms with van der Waals surface area (Å²) in [5.41, 5.74) is 0.581. The summed E-state index contributed by atoms with van der Waals surface area (Å²) >= 11 is 1.48.